The van der Waals surface area contributed by atoms with Gasteiger partial charge in [0.2, 0.25) is 9.84 Å². The van der Waals surface area contributed by atoms with Crippen LogP contribution in [0.5, 0.6) is 0 Å². The smallest absolute Gasteiger partial charge is 0.210 e. The Hall–Kier alpha value is -5.33. The molecule has 2 aromatic heterocycles. The fourth-order valence-electron chi connectivity index (χ4n) is 7.08. The lowest BCUT2D eigenvalue weighted by Gasteiger charge is -2.23. The Morgan fingerprint density at radius 2 is 1.36 bits per heavy atom. The predicted molar refractivity (Wildman–Crippen MR) is 177 cm³/mol. The summed E-state index contributed by atoms with van der Waals surface area (Å²) in [5, 5.41) is 5.39. The molecule has 3 heterocycles. The molecule has 0 fully saturated rings. The summed E-state index contributed by atoms with van der Waals surface area (Å²) in [6.45, 7) is 2.05. The summed E-state index contributed by atoms with van der Waals surface area (Å²) in [5.74, 6) is 0.847. The molecule has 6 aromatic carbocycles. The van der Waals surface area contributed by atoms with Gasteiger partial charge in [0, 0.05) is 23.6 Å². The van der Waals surface area contributed by atoms with Crippen molar-refractivity contribution in [2.24, 2.45) is 0 Å². The van der Waals surface area contributed by atoms with E-state index in [1.807, 2.05) is 54.1 Å². The standard InChI is InChI=1S/C38H25N3O2S/c1-2-34-40-30-17-8-18-32-38(30)41(34)31-20-19-24(22-33(31)44(32,42)43)35-25-12-3-5-14-27(25)36(28-15-6-4-13-26(28)35)29-16-7-10-23-11-9-21-39-37(23)29/h3-22H,2H2,1H3. The Balaban J connectivity index is 1.38. The normalized spacial score (nSPS) is 13.6. The molecule has 1 aliphatic heterocycles. The second-order valence-corrected chi connectivity index (χ2v) is 13.1. The van der Waals surface area contributed by atoms with Gasteiger partial charge in [0.25, 0.3) is 0 Å². The van der Waals surface area contributed by atoms with Gasteiger partial charge < -0.3 is 0 Å². The molecule has 1 aliphatic rings. The van der Waals surface area contributed by atoms with E-state index in [4.69, 9.17) is 9.97 Å². The van der Waals surface area contributed by atoms with Gasteiger partial charge in [-0.25, -0.2) is 13.4 Å². The van der Waals surface area contributed by atoms with Crippen molar-refractivity contribution in [3.05, 3.63) is 127 Å². The van der Waals surface area contributed by atoms with Crippen molar-refractivity contribution in [3.63, 3.8) is 0 Å². The van der Waals surface area contributed by atoms with Crippen LogP contribution in [0, 0.1) is 0 Å². The number of rotatable bonds is 3. The fourth-order valence-corrected chi connectivity index (χ4v) is 8.74. The highest BCUT2D eigenvalue weighted by atomic mass is 32.2. The minimum absolute atomic E-state index is 0.304. The van der Waals surface area contributed by atoms with Crippen molar-refractivity contribution in [2.75, 3.05) is 0 Å². The zero-order valence-corrected chi connectivity index (χ0v) is 24.6. The van der Waals surface area contributed by atoms with Gasteiger partial charge in [-0.1, -0.05) is 91.9 Å². The number of hydrogen-bond acceptors (Lipinski definition) is 4. The number of hydrogen-bond donors (Lipinski definition) is 0. The maximum atomic E-state index is 14.2. The van der Waals surface area contributed by atoms with Crippen LogP contribution in [-0.4, -0.2) is 23.0 Å². The largest absolute Gasteiger partial charge is 0.294 e. The number of nitrogens with zero attached hydrogens (tertiary/aromatic N) is 3. The van der Waals surface area contributed by atoms with Crippen LogP contribution < -0.4 is 0 Å². The fraction of sp³-hybridized carbons (Fsp3) is 0.0526. The number of aromatic nitrogens is 3. The molecule has 44 heavy (non-hydrogen) atoms. The Bertz CT molecular complexity index is 2560. The van der Waals surface area contributed by atoms with Crippen molar-refractivity contribution < 1.29 is 8.42 Å². The summed E-state index contributed by atoms with van der Waals surface area (Å²) in [6, 6.07) is 38.4. The first-order valence-electron chi connectivity index (χ1n) is 14.7. The van der Waals surface area contributed by atoms with Crippen LogP contribution in [-0.2, 0) is 16.3 Å². The zero-order chi connectivity index (χ0) is 29.6. The molecule has 0 radical (unpaired) electrons. The van der Waals surface area contributed by atoms with E-state index >= 15 is 0 Å². The quantitative estimate of drug-likeness (QED) is 0.194. The first-order valence-corrected chi connectivity index (χ1v) is 16.2. The summed E-state index contributed by atoms with van der Waals surface area (Å²) in [7, 11) is -3.78. The number of para-hydroxylation sites is 2. The molecular weight excluding hydrogens is 563 g/mol. The number of benzene rings is 6. The molecule has 0 saturated heterocycles. The highest BCUT2D eigenvalue weighted by Gasteiger charge is 2.33. The van der Waals surface area contributed by atoms with Crippen LogP contribution in [0.2, 0.25) is 0 Å². The topological polar surface area (TPSA) is 64.8 Å². The van der Waals surface area contributed by atoms with Gasteiger partial charge >= 0.3 is 0 Å². The molecule has 0 aliphatic carbocycles. The second kappa shape index (κ2) is 9.09. The van der Waals surface area contributed by atoms with Crippen LogP contribution >= 0.6 is 0 Å². The van der Waals surface area contributed by atoms with Crippen molar-refractivity contribution >= 4 is 53.3 Å². The molecule has 0 bridgehead atoms. The maximum Gasteiger partial charge on any atom is 0.210 e. The lowest BCUT2D eigenvalue weighted by molar-refractivity contribution is 0.594. The maximum absolute atomic E-state index is 14.2. The van der Waals surface area contributed by atoms with Crippen molar-refractivity contribution in [2.45, 2.75) is 23.1 Å². The molecule has 6 heteroatoms. The molecule has 210 valence electrons. The molecule has 9 rings (SSSR count). The Kier molecular flexibility index (Phi) is 5.20. The summed E-state index contributed by atoms with van der Waals surface area (Å²) < 4.78 is 30.4. The van der Waals surface area contributed by atoms with E-state index in [9.17, 15) is 8.42 Å². The first kappa shape index (κ1) is 25.2. The van der Waals surface area contributed by atoms with Crippen molar-refractivity contribution in [1.29, 1.82) is 0 Å². The van der Waals surface area contributed by atoms with Gasteiger partial charge in [-0.15, -0.1) is 0 Å². The van der Waals surface area contributed by atoms with E-state index < -0.39 is 9.84 Å². The van der Waals surface area contributed by atoms with E-state index in [1.165, 1.54) is 0 Å². The number of imidazole rings is 1. The van der Waals surface area contributed by atoms with Crippen LogP contribution in [0.1, 0.15) is 12.7 Å². The summed E-state index contributed by atoms with van der Waals surface area (Å²) in [6.07, 6.45) is 2.53. The van der Waals surface area contributed by atoms with E-state index in [0.717, 1.165) is 60.5 Å². The Morgan fingerprint density at radius 3 is 2.09 bits per heavy atom. The summed E-state index contributed by atoms with van der Waals surface area (Å²) >= 11 is 0. The van der Waals surface area contributed by atoms with E-state index in [1.54, 1.807) is 12.1 Å². The lowest BCUT2D eigenvalue weighted by atomic mass is 9.85. The number of sulfone groups is 1. The number of aryl methyl sites for hydroxylation is 1. The van der Waals surface area contributed by atoms with Crippen molar-refractivity contribution in [3.8, 4) is 27.9 Å². The molecule has 0 saturated carbocycles. The molecule has 0 spiro atoms. The van der Waals surface area contributed by atoms with Crippen LogP contribution in [0.15, 0.2) is 131 Å². The number of fused-ring (bicyclic) bond motifs is 5. The van der Waals surface area contributed by atoms with Gasteiger partial charge in [-0.05, 0) is 68.6 Å². The third kappa shape index (κ3) is 3.31. The predicted octanol–water partition coefficient (Wildman–Crippen LogP) is 8.92. The molecule has 0 N–H and O–H groups in total. The third-order valence-corrected chi connectivity index (χ3v) is 10.7. The van der Waals surface area contributed by atoms with Crippen molar-refractivity contribution in [1.82, 2.24) is 14.5 Å². The first-order chi connectivity index (χ1) is 21.6. The molecular formula is C38H25N3O2S. The third-order valence-electron chi connectivity index (χ3n) is 8.93. The Morgan fingerprint density at radius 1 is 0.682 bits per heavy atom. The molecule has 8 aromatic rings. The van der Waals surface area contributed by atoms with E-state index in [2.05, 4.69) is 66.7 Å². The average molecular weight is 588 g/mol. The van der Waals surface area contributed by atoms with E-state index in [0.29, 0.717) is 32.9 Å². The highest BCUT2D eigenvalue weighted by molar-refractivity contribution is 7.92. The minimum Gasteiger partial charge on any atom is -0.294 e. The number of pyridine rings is 1. The molecule has 0 atom stereocenters. The average Bonchev–Trinajstić information content (AvgIpc) is 3.45. The zero-order valence-electron chi connectivity index (χ0n) is 23.8. The monoisotopic (exact) mass is 587 g/mol. The van der Waals surface area contributed by atoms with Gasteiger partial charge in [-0.2, -0.15) is 0 Å². The van der Waals surface area contributed by atoms with Crippen LogP contribution in [0.25, 0.3) is 71.4 Å². The highest BCUT2D eigenvalue weighted by Crippen LogP contribution is 2.47. The van der Waals surface area contributed by atoms with E-state index in [-0.39, 0.29) is 0 Å². The second-order valence-electron chi connectivity index (χ2n) is 11.2. The SMILES string of the molecule is CCc1nc2cccc3c2n1-c1ccc(-c2c4ccccc4c(-c4cccc5cccnc45)c4ccccc24)cc1S3(=O)=O. The van der Waals surface area contributed by atoms with Gasteiger partial charge in [-0.3, -0.25) is 9.55 Å². The molecule has 0 amide bonds. The van der Waals surface area contributed by atoms with Crippen LogP contribution in [0.4, 0.5) is 0 Å². The molecule has 5 nitrogen and oxygen atoms in total. The van der Waals surface area contributed by atoms with Gasteiger partial charge in [0.05, 0.1) is 32.0 Å². The Labute approximate surface area is 254 Å². The minimum atomic E-state index is -3.78. The molecule has 0 unspecified atom stereocenters. The van der Waals surface area contributed by atoms with Gasteiger partial charge in [0.1, 0.15) is 5.82 Å². The summed E-state index contributed by atoms with van der Waals surface area (Å²) in [5.41, 5.74) is 7.03. The van der Waals surface area contributed by atoms with Gasteiger partial charge in [0.15, 0.2) is 0 Å². The lowest BCUT2D eigenvalue weighted by Crippen LogP contribution is -2.16. The van der Waals surface area contributed by atoms with Crippen LogP contribution in [0.3, 0.4) is 0 Å². The summed E-state index contributed by atoms with van der Waals surface area (Å²) in [4.78, 5) is 10.2.